The van der Waals surface area contributed by atoms with Crippen LogP contribution in [-0.2, 0) is 19.0 Å². The molecule has 1 saturated heterocycles. The molecule has 0 amide bonds. The molecule has 5 nitrogen and oxygen atoms in total. The summed E-state index contributed by atoms with van der Waals surface area (Å²) >= 11 is 0. The highest BCUT2D eigenvalue weighted by molar-refractivity contribution is 5.93. The summed E-state index contributed by atoms with van der Waals surface area (Å²) in [6.07, 6.45) is 5.03. The molecule has 2 fully saturated rings. The van der Waals surface area contributed by atoms with Gasteiger partial charge in [-0.25, -0.2) is 0 Å². The number of Topliss-reactive ketones (excluding diaryl/α,β-unsaturated/α-hetero) is 1. The summed E-state index contributed by atoms with van der Waals surface area (Å²) in [4.78, 5) is 12.2. The average molecular weight is 272 g/mol. The molecular formula is C14H24O5. The highest BCUT2D eigenvalue weighted by atomic mass is 16.7. The molecule has 5 heteroatoms. The largest absolute Gasteiger partial charge is 0.379 e. The number of hydrogen-bond donors (Lipinski definition) is 1. The van der Waals surface area contributed by atoms with Gasteiger partial charge in [0.15, 0.2) is 11.4 Å². The molecule has 0 aromatic rings. The highest BCUT2D eigenvalue weighted by Crippen LogP contribution is 2.39. The molecule has 110 valence electrons. The summed E-state index contributed by atoms with van der Waals surface area (Å²) < 4.78 is 15.7. The number of rotatable bonds is 7. The maximum Gasteiger partial charge on any atom is 0.195 e. The topological polar surface area (TPSA) is 65.0 Å². The molecule has 2 aliphatic rings. The first kappa shape index (κ1) is 14.9. The van der Waals surface area contributed by atoms with Gasteiger partial charge in [0.25, 0.3) is 0 Å². The van der Waals surface area contributed by atoms with Gasteiger partial charge in [-0.2, -0.15) is 0 Å². The van der Waals surface area contributed by atoms with Crippen molar-refractivity contribution in [3.05, 3.63) is 0 Å². The molecule has 0 aromatic heterocycles. The Hall–Kier alpha value is -0.490. The third-order valence-electron chi connectivity index (χ3n) is 4.06. The SMILES string of the molecule is COCOCCCC[C@H]1O[C@@H]2CCCC[C@]2(O)C1=O. The van der Waals surface area contributed by atoms with Crippen LogP contribution in [0.5, 0.6) is 0 Å². The first-order chi connectivity index (χ1) is 9.18. The van der Waals surface area contributed by atoms with E-state index in [0.29, 0.717) is 26.2 Å². The van der Waals surface area contributed by atoms with Crippen molar-refractivity contribution in [2.24, 2.45) is 0 Å². The van der Waals surface area contributed by atoms with Crippen LogP contribution in [-0.4, -0.2) is 49.2 Å². The fourth-order valence-corrected chi connectivity index (χ4v) is 3.00. The number of carbonyl (C=O) groups is 1. The predicted molar refractivity (Wildman–Crippen MR) is 68.8 cm³/mol. The molecule has 1 saturated carbocycles. The van der Waals surface area contributed by atoms with Crippen molar-refractivity contribution in [3.63, 3.8) is 0 Å². The second-order valence-corrected chi connectivity index (χ2v) is 5.46. The van der Waals surface area contributed by atoms with Gasteiger partial charge in [-0.3, -0.25) is 4.79 Å². The van der Waals surface area contributed by atoms with Crippen molar-refractivity contribution >= 4 is 5.78 Å². The maximum atomic E-state index is 12.2. The van der Waals surface area contributed by atoms with Gasteiger partial charge in [0.05, 0.1) is 6.10 Å². The fourth-order valence-electron chi connectivity index (χ4n) is 3.00. The molecule has 19 heavy (non-hydrogen) atoms. The minimum atomic E-state index is -1.20. The van der Waals surface area contributed by atoms with E-state index < -0.39 is 11.7 Å². The van der Waals surface area contributed by atoms with E-state index in [9.17, 15) is 9.90 Å². The molecule has 0 radical (unpaired) electrons. The van der Waals surface area contributed by atoms with Crippen LogP contribution >= 0.6 is 0 Å². The van der Waals surface area contributed by atoms with Crippen molar-refractivity contribution in [2.45, 2.75) is 62.8 Å². The van der Waals surface area contributed by atoms with E-state index >= 15 is 0 Å². The van der Waals surface area contributed by atoms with Crippen molar-refractivity contribution in [3.8, 4) is 0 Å². The van der Waals surface area contributed by atoms with E-state index in [2.05, 4.69) is 0 Å². The molecule has 1 heterocycles. The van der Waals surface area contributed by atoms with Gasteiger partial charge in [0.1, 0.15) is 12.9 Å². The van der Waals surface area contributed by atoms with Crippen LogP contribution in [0.3, 0.4) is 0 Å². The van der Waals surface area contributed by atoms with Crippen molar-refractivity contribution in [1.29, 1.82) is 0 Å². The Morgan fingerprint density at radius 3 is 3.00 bits per heavy atom. The summed E-state index contributed by atoms with van der Waals surface area (Å²) in [6, 6.07) is 0. The molecule has 2 rings (SSSR count). The van der Waals surface area contributed by atoms with Crippen molar-refractivity contribution in [1.82, 2.24) is 0 Å². The van der Waals surface area contributed by atoms with E-state index in [0.717, 1.165) is 32.1 Å². The van der Waals surface area contributed by atoms with Crippen LogP contribution < -0.4 is 0 Å². The molecule has 0 bridgehead atoms. The quantitative estimate of drug-likeness (QED) is 0.561. The van der Waals surface area contributed by atoms with Crippen molar-refractivity contribution < 1.29 is 24.1 Å². The monoisotopic (exact) mass is 272 g/mol. The molecule has 1 aliphatic heterocycles. The Morgan fingerprint density at radius 1 is 1.42 bits per heavy atom. The number of hydrogen-bond acceptors (Lipinski definition) is 5. The van der Waals surface area contributed by atoms with Gasteiger partial charge in [0, 0.05) is 13.7 Å². The number of carbonyl (C=O) groups excluding carboxylic acids is 1. The van der Waals surface area contributed by atoms with Crippen LogP contribution in [0.4, 0.5) is 0 Å². The first-order valence-corrected chi connectivity index (χ1v) is 7.17. The molecule has 1 N–H and O–H groups in total. The van der Waals surface area contributed by atoms with Crippen LogP contribution in [0.15, 0.2) is 0 Å². The van der Waals surface area contributed by atoms with Crippen LogP contribution in [0.2, 0.25) is 0 Å². The Bertz CT molecular complexity index is 306. The fraction of sp³-hybridized carbons (Fsp3) is 0.929. The normalized spacial score (nSPS) is 34.5. The van der Waals surface area contributed by atoms with E-state index in [1.165, 1.54) is 0 Å². The highest BCUT2D eigenvalue weighted by Gasteiger charge is 2.55. The third-order valence-corrected chi connectivity index (χ3v) is 4.06. The van der Waals surface area contributed by atoms with Crippen molar-refractivity contribution in [2.75, 3.05) is 20.5 Å². The van der Waals surface area contributed by atoms with Gasteiger partial charge in [-0.15, -0.1) is 0 Å². The number of fused-ring (bicyclic) bond motifs is 1. The summed E-state index contributed by atoms with van der Waals surface area (Å²) in [7, 11) is 1.59. The number of unbranched alkanes of at least 4 members (excludes halogenated alkanes) is 1. The van der Waals surface area contributed by atoms with E-state index in [4.69, 9.17) is 14.2 Å². The maximum absolute atomic E-state index is 12.2. The Morgan fingerprint density at radius 2 is 2.26 bits per heavy atom. The Balaban J connectivity index is 1.72. The molecule has 0 aromatic carbocycles. The van der Waals surface area contributed by atoms with Crippen LogP contribution in [0.25, 0.3) is 0 Å². The summed E-state index contributed by atoms with van der Waals surface area (Å²) in [6.45, 7) is 0.934. The smallest absolute Gasteiger partial charge is 0.195 e. The second kappa shape index (κ2) is 6.79. The van der Waals surface area contributed by atoms with Gasteiger partial charge in [-0.1, -0.05) is 6.42 Å². The first-order valence-electron chi connectivity index (χ1n) is 7.17. The molecule has 0 spiro atoms. The van der Waals surface area contributed by atoms with Gasteiger partial charge in [0.2, 0.25) is 0 Å². The molecule has 0 unspecified atom stereocenters. The zero-order valence-electron chi connectivity index (χ0n) is 11.6. The molecule has 1 aliphatic carbocycles. The predicted octanol–water partition coefficient (Wildman–Crippen LogP) is 1.42. The van der Waals surface area contributed by atoms with E-state index in [1.807, 2.05) is 0 Å². The standard InChI is InChI=1S/C14H24O5/c1-17-10-18-9-5-3-6-11-13(15)14(16)8-4-2-7-12(14)19-11/h11-12,16H,2-10H2,1H3/t11-,12-,14-/m1/s1. The Labute approximate surface area is 114 Å². The van der Waals surface area contributed by atoms with E-state index in [-0.39, 0.29) is 11.9 Å². The average Bonchev–Trinajstić information content (AvgIpc) is 2.67. The zero-order valence-corrected chi connectivity index (χ0v) is 11.6. The lowest BCUT2D eigenvalue weighted by atomic mass is 9.80. The van der Waals surface area contributed by atoms with Crippen LogP contribution in [0, 0.1) is 0 Å². The molecule has 3 atom stereocenters. The van der Waals surface area contributed by atoms with Gasteiger partial charge < -0.3 is 19.3 Å². The summed E-state index contributed by atoms with van der Waals surface area (Å²) in [5.74, 6) is -0.102. The van der Waals surface area contributed by atoms with Crippen LogP contribution in [0.1, 0.15) is 44.9 Å². The molecular weight excluding hydrogens is 248 g/mol. The minimum absolute atomic E-state index is 0.102. The van der Waals surface area contributed by atoms with Gasteiger partial charge >= 0.3 is 0 Å². The lowest BCUT2D eigenvalue weighted by Gasteiger charge is -2.30. The number of ether oxygens (including phenoxy) is 3. The number of methoxy groups -OCH3 is 1. The number of ketones is 1. The lowest BCUT2D eigenvalue weighted by Crippen LogP contribution is -2.47. The Kier molecular flexibility index (Phi) is 5.33. The van der Waals surface area contributed by atoms with Gasteiger partial charge in [-0.05, 0) is 38.5 Å². The minimum Gasteiger partial charge on any atom is -0.379 e. The summed E-state index contributed by atoms with van der Waals surface area (Å²) in [5, 5.41) is 10.4. The van der Waals surface area contributed by atoms with E-state index in [1.54, 1.807) is 7.11 Å². The second-order valence-electron chi connectivity index (χ2n) is 5.46. The third kappa shape index (κ3) is 3.34. The summed E-state index contributed by atoms with van der Waals surface area (Å²) in [5.41, 5.74) is -1.20. The zero-order chi connectivity index (χ0) is 13.7. The number of aliphatic hydroxyl groups is 1. The lowest BCUT2D eigenvalue weighted by molar-refractivity contribution is -0.137.